The van der Waals surface area contributed by atoms with Crippen LogP contribution in [0.3, 0.4) is 0 Å². The average molecular weight is 316 g/mol. The maximum atomic E-state index is 11.5. The minimum atomic E-state index is -0.459. The van der Waals surface area contributed by atoms with E-state index in [1.165, 1.54) is 16.7 Å². The van der Waals surface area contributed by atoms with Crippen LogP contribution in [0.15, 0.2) is 42.5 Å². The van der Waals surface area contributed by atoms with Crippen molar-refractivity contribution in [3.05, 3.63) is 69.7 Å². The summed E-state index contributed by atoms with van der Waals surface area (Å²) in [6.45, 7) is 0. The van der Waals surface area contributed by atoms with Crippen molar-refractivity contribution in [3.8, 4) is 0 Å². The normalized spacial score (nSPS) is 16.9. The highest BCUT2D eigenvalue weighted by Crippen LogP contribution is 2.29. The lowest BCUT2D eigenvalue weighted by atomic mass is 9.80. The molecule has 2 aromatic carbocycles. The molecule has 0 fully saturated rings. The summed E-state index contributed by atoms with van der Waals surface area (Å²) >= 11 is 6.05. The number of amides is 1. The second-order valence-corrected chi connectivity index (χ2v) is 6.30. The van der Waals surface area contributed by atoms with Crippen molar-refractivity contribution in [1.82, 2.24) is 5.48 Å². The van der Waals surface area contributed by atoms with E-state index < -0.39 is 5.91 Å². The fourth-order valence-electron chi connectivity index (χ4n) is 3.21. The number of fused-ring (bicyclic) bond motifs is 1. The van der Waals surface area contributed by atoms with E-state index in [-0.39, 0.29) is 0 Å². The molecular weight excluding hydrogens is 298 g/mol. The molecule has 1 aliphatic carbocycles. The van der Waals surface area contributed by atoms with Gasteiger partial charge >= 0.3 is 0 Å². The van der Waals surface area contributed by atoms with Gasteiger partial charge in [0.15, 0.2) is 0 Å². The minimum absolute atomic E-state index is 0.459. The number of carbonyl (C=O) groups is 1. The molecular formula is C18H18ClNO2. The molecule has 2 aromatic rings. The highest BCUT2D eigenvalue weighted by atomic mass is 35.5. The number of rotatable bonds is 3. The highest BCUT2D eigenvalue weighted by Gasteiger charge is 2.20. The Labute approximate surface area is 134 Å². The molecule has 22 heavy (non-hydrogen) atoms. The van der Waals surface area contributed by atoms with Gasteiger partial charge in [-0.3, -0.25) is 10.0 Å². The average Bonchev–Trinajstić information content (AvgIpc) is 2.53. The van der Waals surface area contributed by atoms with Crippen LogP contribution >= 0.6 is 11.6 Å². The lowest BCUT2D eigenvalue weighted by Crippen LogP contribution is -2.21. The summed E-state index contributed by atoms with van der Waals surface area (Å²) in [6.07, 6.45) is 4.12. The maximum absolute atomic E-state index is 11.5. The molecule has 0 saturated heterocycles. The summed E-state index contributed by atoms with van der Waals surface area (Å²) in [6, 6.07) is 13.7. The summed E-state index contributed by atoms with van der Waals surface area (Å²) in [5.41, 5.74) is 5.96. The Hall–Kier alpha value is -1.84. The third kappa shape index (κ3) is 3.32. The summed E-state index contributed by atoms with van der Waals surface area (Å²) in [4.78, 5) is 11.5. The molecule has 0 heterocycles. The molecule has 1 atom stereocenters. The Balaban J connectivity index is 1.76. The predicted octanol–water partition coefficient (Wildman–Crippen LogP) is 3.81. The van der Waals surface area contributed by atoms with Crippen molar-refractivity contribution in [2.45, 2.75) is 25.7 Å². The van der Waals surface area contributed by atoms with Crippen LogP contribution in [0.5, 0.6) is 0 Å². The molecule has 0 bridgehead atoms. The largest absolute Gasteiger partial charge is 0.288 e. The van der Waals surface area contributed by atoms with E-state index in [0.29, 0.717) is 11.5 Å². The summed E-state index contributed by atoms with van der Waals surface area (Å²) in [5, 5.41) is 9.53. The van der Waals surface area contributed by atoms with Gasteiger partial charge in [0.1, 0.15) is 0 Å². The van der Waals surface area contributed by atoms with Crippen LogP contribution in [-0.2, 0) is 19.3 Å². The van der Waals surface area contributed by atoms with E-state index in [0.717, 1.165) is 30.7 Å². The van der Waals surface area contributed by atoms with E-state index in [4.69, 9.17) is 16.8 Å². The number of carbonyl (C=O) groups excluding carboxylic acids is 1. The van der Waals surface area contributed by atoms with Crippen molar-refractivity contribution in [2.75, 3.05) is 0 Å². The van der Waals surface area contributed by atoms with Gasteiger partial charge in [0, 0.05) is 10.6 Å². The van der Waals surface area contributed by atoms with Gasteiger partial charge in [-0.15, -0.1) is 0 Å². The van der Waals surface area contributed by atoms with Gasteiger partial charge in [0.05, 0.1) is 0 Å². The van der Waals surface area contributed by atoms with Crippen LogP contribution < -0.4 is 5.48 Å². The molecule has 3 nitrogen and oxygen atoms in total. The molecule has 1 amide bonds. The van der Waals surface area contributed by atoms with E-state index >= 15 is 0 Å². The summed E-state index contributed by atoms with van der Waals surface area (Å²) < 4.78 is 0. The molecule has 0 saturated carbocycles. The molecule has 0 aromatic heterocycles. The van der Waals surface area contributed by atoms with Crippen LogP contribution in [0, 0.1) is 5.92 Å². The number of hydrogen-bond acceptors (Lipinski definition) is 2. The van der Waals surface area contributed by atoms with Crippen LogP contribution in [0.2, 0.25) is 5.02 Å². The van der Waals surface area contributed by atoms with Gasteiger partial charge < -0.3 is 0 Å². The molecule has 0 aliphatic heterocycles. The van der Waals surface area contributed by atoms with Gasteiger partial charge in [-0.25, -0.2) is 5.48 Å². The van der Waals surface area contributed by atoms with Crippen LogP contribution in [0.1, 0.15) is 33.5 Å². The number of hydrogen-bond donors (Lipinski definition) is 2. The first-order valence-corrected chi connectivity index (χ1v) is 7.84. The van der Waals surface area contributed by atoms with E-state index in [1.54, 1.807) is 11.5 Å². The zero-order chi connectivity index (χ0) is 15.5. The molecule has 1 aliphatic rings. The fourth-order valence-corrected chi connectivity index (χ4v) is 3.42. The van der Waals surface area contributed by atoms with Gasteiger partial charge in [-0.1, -0.05) is 29.8 Å². The molecule has 1 unspecified atom stereocenters. The molecule has 0 spiro atoms. The topological polar surface area (TPSA) is 49.3 Å². The third-order valence-electron chi connectivity index (χ3n) is 4.31. The summed E-state index contributed by atoms with van der Waals surface area (Å²) in [7, 11) is 0. The Morgan fingerprint density at radius 2 is 2.09 bits per heavy atom. The van der Waals surface area contributed by atoms with Crippen molar-refractivity contribution < 1.29 is 10.0 Å². The SMILES string of the molecule is O=C(NO)c1ccc2c(c1)CC(Cc1cccc(Cl)c1)CC2. The molecule has 114 valence electrons. The van der Waals surface area contributed by atoms with Crippen molar-refractivity contribution in [1.29, 1.82) is 0 Å². The quantitative estimate of drug-likeness (QED) is 0.668. The number of aryl methyl sites for hydroxylation is 1. The van der Waals surface area contributed by atoms with Gasteiger partial charge in [-0.2, -0.15) is 0 Å². The molecule has 3 rings (SSSR count). The predicted molar refractivity (Wildman–Crippen MR) is 86.4 cm³/mol. The van der Waals surface area contributed by atoms with E-state index in [9.17, 15) is 4.79 Å². The van der Waals surface area contributed by atoms with Crippen LogP contribution in [0.4, 0.5) is 0 Å². The Bertz CT molecular complexity index is 699. The van der Waals surface area contributed by atoms with E-state index in [1.807, 2.05) is 30.3 Å². The smallest absolute Gasteiger partial charge is 0.274 e. The molecule has 4 heteroatoms. The molecule has 0 radical (unpaired) electrons. The van der Waals surface area contributed by atoms with Gasteiger partial charge in [0.25, 0.3) is 5.91 Å². The minimum Gasteiger partial charge on any atom is -0.288 e. The second kappa shape index (κ2) is 6.51. The number of halogens is 1. The second-order valence-electron chi connectivity index (χ2n) is 5.87. The first-order valence-electron chi connectivity index (χ1n) is 7.46. The van der Waals surface area contributed by atoms with E-state index in [2.05, 4.69) is 6.07 Å². The monoisotopic (exact) mass is 315 g/mol. The van der Waals surface area contributed by atoms with Crippen LogP contribution in [-0.4, -0.2) is 11.1 Å². The first kappa shape index (κ1) is 15.1. The van der Waals surface area contributed by atoms with Crippen LogP contribution in [0.25, 0.3) is 0 Å². The zero-order valence-corrected chi connectivity index (χ0v) is 12.9. The highest BCUT2D eigenvalue weighted by molar-refractivity contribution is 6.30. The lowest BCUT2D eigenvalue weighted by molar-refractivity contribution is 0.0706. The lowest BCUT2D eigenvalue weighted by Gasteiger charge is -2.25. The Morgan fingerprint density at radius 1 is 1.23 bits per heavy atom. The standard InChI is InChI=1S/C18H18ClNO2/c19-17-3-1-2-12(10-17)8-13-4-5-14-6-7-15(18(21)20-22)11-16(14)9-13/h1-3,6-7,10-11,13,22H,4-5,8-9H2,(H,20,21). The van der Waals surface area contributed by atoms with Gasteiger partial charge in [-0.05, 0) is 72.6 Å². The number of hydroxylamine groups is 1. The Kier molecular flexibility index (Phi) is 4.46. The third-order valence-corrected chi connectivity index (χ3v) is 4.55. The maximum Gasteiger partial charge on any atom is 0.274 e. The number of nitrogens with one attached hydrogen (secondary N) is 1. The van der Waals surface area contributed by atoms with Crippen molar-refractivity contribution in [3.63, 3.8) is 0 Å². The number of benzene rings is 2. The Morgan fingerprint density at radius 3 is 2.86 bits per heavy atom. The van der Waals surface area contributed by atoms with Crippen molar-refractivity contribution in [2.24, 2.45) is 5.92 Å². The zero-order valence-electron chi connectivity index (χ0n) is 12.2. The van der Waals surface area contributed by atoms with Gasteiger partial charge in [0.2, 0.25) is 0 Å². The summed E-state index contributed by atoms with van der Waals surface area (Å²) in [5.74, 6) is 0.0955. The first-order chi connectivity index (χ1) is 10.7. The fraction of sp³-hybridized carbons (Fsp3) is 0.278. The van der Waals surface area contributed by atoms with Crippen molar-refractivity contribution >= 4 is 17.5 Å². The molecule has 2 N–H and O–H groups in total.